The minimum absolute atomic E-state index is 0.139. The molecule has 1 atom stereocenters. The smallest absolute Gasteiger partial charge is 0.292 e. The zero-order chi connectivity index (χ0) is 23.7. The summed E-state index contributed by atoms with van der Waals surface area (Å²) in [6.45, 7) is 3.90. The van der Waals surface area contributed by atoms with Crippen molar-refractivity contribution >= 4 is 27.0 Å². The highest BCUT2D eigenvalue weighted by atomic mass is 79.9. The van der Waals surface area contributed by atoms with E-state index in [1.165, 1.54) is 5.56 Å². The molecule has 34 heavy (non-hydrogen) atoms. The van der Waals surface area contributed by atoms with E-state index in [-0.39, 0.29) is 11.6 Å². The predicted molar refractivity (Wildman–Crippen MR) is 137 cm³/mol. The summed E-state index contributed by atoms with van der Waals surface area (Å²) in [5, 5.41) is 0. The number of aryl methyl sites for hydroxylation is 1. The predicted octanol–water partition coefficient (Wildman–Crippen LogP) is 5.58. The topological polar surface area (TPSA) is 58.3 Å². The second kappa shape index (κ2) is 9.76. The van der Waals surface area contributed by atoms with Crippen molar-refractivity contribution in [2.45, 2.75) is 25.8 Å². The van der Waals surface area contributed by atoms with Gasteiger partial charge in [-0.15, -0.1) is 0 Å². The molecule has 3 heterocycles. The summed E-state index contributed by atoms with van der Waals surface area (Å²) in [5.74, 6) is 0.815. The van der Waals surface area contributed by atoms with Crippen molar-refractivity contribution in [3.8, 4) is 16.9 Å². The first kappa shape index (κ1) is 22.9. The standard InChI is InChI=1S/C27H28BrN3O3/c1-3-34-24-15-21(16-30(2)27(24)32)20-13-22(28)25-23(14-20)31(17-29-25)26(18-7-5-4-6-8-18)19-9-11-33-12-10-19/h4-8,13-17,19,26H,3,9-12H2,1-2H3. The molecule has 7 heteroatoms. The van der Waals surface area contributed by atoms with Gasteiger partial charge in [0.1, 0.15) is 5.52 Å². The Kier molecular flexibility index (Phi) is 6.57. The van der Waals surface area contributed by atoms with Gasteiger partial charge in [-0.2, -0.15) is 0 Å². The van der Waals surface area contributed by atoms with Crippen LogP contribution in [-0.4, -0.2) is 33.9 Å². The molecule has 5 rings (SSSR count). The minimum Gasteiger partial charge on any atom is -0.488 e. The Morgan fingerprint density at radius 3 is 2.65 bits per heavy atom. The molecule has 1 fully saturated rings. The van der Waals surface area contributed by atoms with Gasteiger partial charge in [0.25, 0.3) is 5.56 Å². The Labute approximate surface area is 207 Å². The molecule has 0 aliphatic carbocycles. The van der Waals surface area contributed by atoms with Gasteiger partial charge in [-0.05, 0) is 70.9 Å². The third-order valence-corrected chi connectivity index (χ3v) is 7.17. The lowest BCUT2D eigenvalue weighted by Gasteiger charge is -2.32. The number of nitrogens with zero attached hydrogens (tertiary/aromatic N) is 3. The molecule has 0 N–H and O–H groups in total. The minimum atomic E-state index is -0.139. The Bertz CT molecular complexity index is 1360. The van der Waals surface area contributed by atoms with Crippen LogP contribution in [0.5, 0.6) is 5.75 Å². The normalized spacial score (nSPS) is 15.5. The van der Waals surface area contributed by atoms with Gasteiger partial charge in [0.05, 0.1) is 24.5 Å². The maximum atomic E-state index is 12.5. The lowest BCUT2D eigenvalue weighted by atomic mass is 9.86. The van der Waals surface area contributed by atoms with Crippen molar-refractivity contribution in [3.63, 3.8) is 0 Å². The molecule has 4 aromatic rings. The Morgan fingerprint density at radius 1 is 1.15 bits per heavy atom. The van der Waals surface area contributed by atoms with Crippen LogP contribution in [0, 0.1) is 5.92 Å². The number of rotatable bonds is 6. The summed E-state index contributed by atoms with van der Waals surface area (Å²) in [6, 6.07) is 16.9. The van der Waals surface area contributed by atoms with Gasteiger partial charge in [-0.25, -0.2) is 4.98 Å². The first-order valence-corrected chi connectivity index (χ1v) is 12.5. The van der Waals surface area contributed by atoms with Crippen LogP contribution in [0.25, 0.3) is 22.2 Å². The Hall–Kier alpha value is -2.90. The zero-order valence-electron chi connectivity index (χ0n) is 19.4. The molecule has 6 nitrogen and oxygen atoms in total. The summed E-state index contributed by atoms with van der Waals surface area (Å²) in [5.41, 5.74) is 5.03. The maximum absolute atomic E-state index is 12.5. The van der Waals surface area contributed by atoms with E-state index in [1.54, 1.807) is 11.6 Å². The fourth-order valence-corrected chi connectivity index (χ4v) is 5.47. The molecule has 0 spiro atoms. The summed E-state index contributed by atoms with van der Waals surface area (Å²) >= 11 is 3.75. The van der Waals surface area contributed by atoms with Crippen LogP contribution in [0.15, 0.2) is 70.3 Å². The van der Waals surface area contributed by atoms with Crippen LogP contribution in [0.1, 0.15) is 31.4 Å². The fraction of sp³-hybridized carbons (Fsp3) is 0.333. The van der Waals surface area contributed by atoms with Crippen molar-refractivity contribution in [1.29, 1.82) is 0 Å². The number of pyridine rings is 1. The molecule has 1 unspecified atom stereocenters. The number of aromatic nitrogens is 3. The highest BCUT2D eigenvalue weighted by Crippen LogP contribution is 2.38. The highest BCUT2D eigenvalue weighted by Gasteiger charge is 2.28. The van der Waals surface area contributed by atoms with Crippen LogP contribution in [0.2, 0.25) is 0 Å². The third kappa shape index (κ3) is 4.30. The van der Waals surface area contributed by atoms with Gasteiger partial charge >= 0.3 is 0 Å². The van der Waals surface area contributed by atoms with Gasteiger partial charge < -0.3 is 18.6 Å². The van der Waals surface area contributed by atoms with Crippen LogP contribution in [-0.2, 0) is 11.8 Å². The zero-order valence-corrected chi connectivity index (χ0v) is 21.0. The van der Waals surface area contributed by atoms with E-state index in [1.807, 2.05) is 25.5 Å². The molecule has 2 aromatic carbocycles. The Morgan fingerprint density at radius 2 is 1.91 bits per heavy atom. The van der Waals surface area contributed by atoms with E-state index in [0.29, 0.717) is 18.3 Å². The summed E-state index contributed by atoms with van der Waals surface area (Å²) < 4.78 is 16.1. The molecule has 176 valence electrons. The van der Waals surface area contributed by atoms with Gasteiger partial charge in [0.15, 0.2) is 5.75 Å². The van der Waals surface area contributed by atoms with E-state index in [0.717, 1.165) is 52.7 Å². The van der Waals surface area contributed by atoms with Crippen molar-refractivity contribution in [3.05, 3.63) is 81.4 Å². The van der Waals surface area contributed by atoms with E-state index in [9.17, 15) is 4.79 Å². The van der Waals surface area contributed by atoms with E-state index >= 15 is 0 Å². The Balaban J connectivity index is 1.67. The van der Waals surface area contributed by atoms with Gasteiger partial charge in [-0.1, -0.05) is 30.3 Å². The van der Waals surface area contributed by atoms with Crippen LogP contribution in [0.3, 0.4) is 0 Å². The van der Waals surface area contributed by atoms with Crippen molar-refractivity contribution in [2.24, 2.45) is 13.0 Å². The average molecular weight is 522 g/mol. The number of hydrogen-bond donors (Lipinski definition) is 0. The number of benzene rings is 2. The molecule has 1 saturated heterocycles. The summed E-state index contributed by atoms with van der Waals surface area (Å²) in [7, 11) is 1.75. The lowest BCUT2D eigenvalue weighted by Crippen LogP contribution is -2.26. The molecule has 0 saturated carbocycles. The first-order valence-electron chi connectivity index (χ1n) is 11.7. The van der Waals surface area contributed by atoms with E-state index in [4.69, 9.17) is 14.5 Å². The molecule has 0 amide bonds. The largest absolute Gasteiger partial charge is 0.488 e. The van der Waals surface area contributed by atoms with Crippen LogP contribution in [0.4, 0.5) is 0 Å². The lowest BCUT2D eigenvalue weighted by molar-refractivity contribution is 0.0547. The van der Waals surface area contributed by atoms with Crippen LogP contribution < -0.4 is 10.3 Å². The molecule has 1 aliphatic heterocycles. The van der Waals surface area contributed by atoms with Gasteiger partial charge in [0.2, 0.25) is 0 Å². The number of hydrogen-bond acceptors (Lipinski definition) is 4. The SMILES string of the molecule is CCOc1cc(-c2cc(Br)c3ncn(C(c4ccccc4)C4CCOCC4)c3c2)cn(C)c1=O. The first-order chi connectivity index (χ1) is 16.6. The van der Waals surface area contributed by atoms with Gasteiger partial charge in [0, 0.05) is 36.5 Å². The molecule has 2 aromatic heterocycles. The number of fused-ring (bicyclic) bond motifs is 1. The molecule has 0 bridgehead atoms. The third-order valence-electron chi connectivity index (χ3n) is 6.57. The summed E-state index contributed by atoms with van der Waals surface area (Å²) in [6.07, 6.45) is 5.84. The molecule has 1 aliphatic rings. The van der Waals surface area contributed by atoms with Crippen molar-refractivity contribution in [2.75, 3.05) is 19.8 Å². The molecular formula is C27H28BrN3O3. The van der Waals surface area contributed by atoms with Gasteiger partial charge in [-0.3, -0.25) is 4.79 Å². The second-order valence-corrected chi connectivity index (χ2v) is 9.58. The molecular weight excluding hydrogens is 494 g/mol. The quantitative estimate of drug-likeness (QED) is 0.332. The molecule has 0 radical (unpaired) electrons. The monoisotopic (exact) mass is 521 g/mol. The second-order valence-electron chi connectivity index (χ2n) is 8.73. The highest BCUT2D eigenvalue weighted by molar-refractivity contribution is 9.10. The van der Waals surface area contributed by atoms with E-state index < -0.39 is 0 Å². The number of imidazole rings is 1. The summed E-state index contributed by atoms with van der Waals surface area (Å²) in [4.78, 5) is 17.2. The van der Waals surface area contributed by atoms with Crippen molar-refractivity contribution in [1.82, 2.24) is 14.1 Å². The van der Waals surface area contributed by atoms with Crippen molar-refractivity contribution < 1.29 is 9.47 Å². The van der Waals surface area contributed by atoms with Crippen LogP contribution >= 0.6 is 15.9 Å². The fourth-order valence-electron chi connectivity index (χ4n) is 4.92. The average Bonchev–Trinajstić information content (AvgIpc) is 3.28. The number of halogens is 1. The van der Waals surface area contributed by atoms with E-state index in [2.05, 4.69) is 63.0 Å². The number of ether oxygens (including phenoxy) is 2. The maximum Gasteiger partial charge on any atom is 0.292 e.